The second-order valence-corrected chi connectivity index (χ2v) is 8.06. The molecule has 0 bridgehead atoms. The number of carbonyl (C=O) groups is 2. The van der Waals surface area contributed by atoms with E-state index in [9.17, 15) is 28.0 Å². The SMILES string of the molecule is N#CC1=C(SCC(=O)Nc2cccc(C(F)(F)F)c2)NC(=O)C[C@H]1c1cccs1. The molecule has 0 unspecified atom stereocenters. The molecule has 0 radical (unpaired) electrons. The lowest BCUT2D eigenvalue weighted by Crippen LogP contribution is -2.31. The number of nitrogens with zero attached hydrogens (tertiary/aromatic N) is 1. The molecular weight excluding hydrogens is 423 g/mol. The Labute approximate surface area is 172 Å². The first-order valence-corrected chi connectivity index (χ1v) is 10.2. The predicted octanol–water partition coefficient (Wildman–Crippen LogP) is 4.48. The molecule has 1 aromatic heterocycles. The zero-order chi connectivity index (χ0) is 21.0. The van der Waals surface area contributed by atoms with E-state index in [0.29, 0.717) is 10.6 Å². The highest BCUT2D eigenvalue weighted by Gasteiger charge is 2.31. The Balaban J connectivity index is 1.70. The average molecular weight is 437 g/mol. The number of alkyl halides is 3. The first-order chi connectivity index (χ1) is 13.8. The minimum atomic E-state index is -4.51. The molecule has 2 heterocycles. The van der Waals surface area contributed by atoms with Crippen LogP contribution in [-0.4, -0.2) is 17.6 Å². The fraction of sp³-hybridized carbons (Fsp3) is 0.211. The van der Waals surface area contributed by atoms with Gasteiger partial charge < -0.3 is 10.6 Å². The molecule has 3 rings (SSSR count). The topological polar surface area (TPSA) is 82.0 Å². The van der Waals surface area contributed by atoms with E-state index < -0.39 is 17.6 Å². The van der Waals surface area contributed by atoms with Crippen LogP contribution >= 0.6 is 23.1 Å². The number of carbonyl (C=O) groups excluding carboxylic acids is 2. The molecule has 0 saturated heterocycles. The molecule has 5 nitrogen and oxygen atoms in total. The van der Waals surface area contributed by atoms with Crippen LogP contribution in [0.25, 0.3) is 0 Å². The zero-order valence-electron chi connectivity index (χ0n) is 14.7. The number of hydrogen-bond acceptors (Lipinski definition) is 5. The van der Waals surface area contributed by atoms with Gasteiger partial charge in [0.15, 0.2) is 0 Å². The Morgan fingerprint density at radius 1 is 1.34 bits per heavy atom. The third kappa shape index (κ3) is 5.19. The fourth-order valence-electron chi connectivity index (χ4n) is 2.77. The second kappa shape index (κ2) is 8.71. The number of allylic oxidation sites excluding steroid dienone is 1. The van der Waals surface area contributed by atoms with Crippen molar-refractivity contribution in [2.75, 3.05) is 11.1 Å². The van der Waals surface area contributed by atoms with Crippen molar-refractivity contribution in [3.8, 4) is 6.07 Å². The van der Waals surface area contributed by atoms with Gasteiger partial charge in [0, 0.05) is 22.9 Å². The van der Waals surface area contributed by atoms with Crippen LogP contribution in [-0.2, 0) is 15.8 Å². The highest BCUT2D eigenvalue weighted by atomic mass is 32.2. The van der Waals surface area contributed by atoms with Crippen molar-refractivity contribution in [2.24, 2.45) is 0 Å². The van der Waals surface area contributed by atoms with Crippen LogP contribution in [0.5, 0.6) is 0 Å². The summed E-state index contributed by atoms with van der Waals surface area (Å²) in [5, 5.41) is 16.7. The van der Waals surface area contributed by atoms with Gasteiger partial charge in [-0.2, -0.15) is 18.4 Å². The lowest BCUT2D eigenvalue weighted by molar-refractivity contribution is -0.137. The van der Waals surface area contributed by atoms with Crippen molar-refractivity contribution in [1.29, 1.82) is 5.26 Å². The first-order valence-electron chi connectivity index (χ1n) is 8.35. The maximum absolute atomic E-state index is 12.8. The van der Waals surface area contributed by atoms with Gasteiger partial charge in [0.2, 0.25) is 11.8 Å². The van der Waals surface area contributed by atoms with Crippen molar-refractivity contribution >= 4 is 40.6 Å². The highest BCUT2D eigenvalue weighted by Crippen LogP contribution is 2.37. The van der Waals surface area contributed by atoms with Crippen LogP contribution in [0, 0.1) is 11.3 Å². The second-order valence-electron chi connectivity index (χ2n) is 6.09. The standard InChI is InChI=1S/C19H14F3N3O2S2/c20-19(21,22)11-3-1-4-12(7-11)24-17(27)10-29-18-14(9-23)13(8-16(26)25-18)15-5-2-6-28-15/h1-7,13H,8,10H2,(H,24,27)(H,25,26)/t13-/m1/s1. The van der Waals surface area contributed by atoms with E-state index in [4.69, 9.17) is 0 Å². The molecule has 1 aromatic carbocycles. The van der Waals surface area contributed by atoms with Gasteiger partial charge in [-0.3, -0.25) is 9.59 Å². The number of anilines is 1. The Bertz CT molecular complexity index is 995. The van der Waals surface area contributed by atoms with E-state index in [0.717, 1.165) is 28.8 Å². The van der Waals surface area contributed by atoms with E-state index in [1.165, 1.54) is 23.5 Å². The van der Waals surface area contributed by atoms with Gasteiger partial charge in [-0.15, -0.1) is 11.3 Å². The minimum absolute atomic E-state index is 0.0176. The van der Waals surface area contributed by atoms with Crippen molar-refractivity contribution in [1.82, 2.24) is 5.32 Å². The van der Waals surface area contributed by atoms with Crippen LogP contribution in [0.3, 0.4) is 0 Å². The molecule has 1 aliphatic rings. The van der Waals surface area contributed by atoms with Gasteiger partial charge in [-0.05, 0) is 29.6 Å². The summed E-state index contributed by atoms with van der Waals surface area (Å²) in [6.45, 7) is 0. The summed E-state index contributed by atoms with van der Waals surface area (Å²) < 4.78 is 38.3. The third-order valence-electron chi connectivity index (χ3n) is 4.06. The fourth-order valence-corrected chi connectivity index (χ4v) is 4.49. The van der Waals surface area contributed by atoms with Crippen molar-refractivity contribution in [2.45, 2.75) is 18.5 Å². The Morgan fingerprint density at radius 3 is 2.79 bits per heavy atom. The summed E-state index contributed by atoms with van der Waals surface area (Å²) in [7, 11) is 0. The molecular formula is C19H14F3N3O2S2. The number of thioether (sulfide) groups is 1. The molecule has 0 fully saturated rings. The van der Waals surface area contributed by atoms with E-state index in [1.807, 2.05) is 17.5 Å². The number of amides is 2. The third-order valence-corrected chi connectivity index (χ3v) is 6.07. The number of rotatable bonds is 5. The molecule has 2 N–H and O–H groups in total. The Hall–Kier alpha value is -2.77. The summed E-state index contributed by atoms with van der Waals surface area (Å²) >= 11 is 2.40. The minimum Gasteiger partial charge on any atom is -0.325 e. The number of nitriles is 1. The van der Waals surface area contributed by atoms with Crippen molar-refractivity contribution in [3.05, 3.63) is 62.8 Å². The number of benzene rings is 1. The lowest BCUT2D eigenvalue weighted by Gasteiger charge is -2.23. The maximum Gasteiger partial charge on any atom is 0.416 e. The van der Waals surface area contributed by atoms with E-state index >= 15 is 0 Å². The number of thiophene rings is 1. The molecule has 10 heteroatoms. The first kappa shape index (κ1) is 21.0. The van der Waals surface area contributed by atoms with Gasteiger partial charge in [0.05, 0.1) is 28.0 Å². The summed E-state index contributed by atoms with van der Waals surface area (Å²) in [6, 6.07) is 10.1. The number of hydrogen-bond donors (Lipinski definition) is 2. The molecule has 2 amide bonds. The maximum atomic E-state index is 12.8. The van der Waals surface area contributed by atoms with Gasteiger partial charge >= 0.3 is 6.18 Å². The van der Waals surface area contributed by atoms with Gasteiger partial charge in [-0.1, -0.05) is 23.9 Å². The molecule has 1 atom stereocenters. The van der Waals surface area contributed by atoms with Crippen LogP contribution in [0.2, 0.25) is 0 Å². The van der Waals surface area contributed by atoms with E-state index in [1.54, 1.807) is 0 Å². The number of nitrogens with one attached hydrogen (secondary N) is 2. The average Bonchev–Trinajstić information content (AvgIpc) is 3.20. The Morgan fingerprint density at radius 2 is 2.14 bits per heavy atom. The quantitative estimate of drug-likeness (QED) is 0.723. The summed E-state index contributed by atoms with van der Waals surface area (Å²) in [6.07, 6.45) is -4.37. The number of halogens is 3. The molecule has 1 aliphatic heterocycles. The van der Waals surface area contributed by atoms with Crippen LogP contribution in [0.4, 0.5) is 18.9 Å². The smallest absolute Gasteiger partial charge is 0.325 e. The van der Waals surface area contributed by atoms with E-state index in [-0.39, 0.29) is 29.7 Å². The van der Waals surface area contributed by atoms with Crippen LogP contribution in [0.1, 0.15) is 22.8 Å². The highest BCUT2D eigenvalue weighted by molar-refractivity contribution is 8.03. The predicted molar refractivity (Wildman–Crippen MR) is 105 cm³/mol. The molecule has 150 valence electrons. The van der Waals surface area contributed by atoms with Gasteiger partial charge in [0.1, 0.15) is 0 Å². The monoisotopic (exact) mass is 437 g/mol. The van der Waals surface area contributed by atoms with Gasteiger partial charge in [-0.25, -0.2) is 0 Å². The van der Waals surface area contributed by atoms with E-state index in [2.05, 4.69) is 16.7 Å². The normalized spacial score (nSPS) is 16.9. The lowest BCUT2D eigenvalue weighted by atomic mass is 9.93. The summed E-state index contributed by atoms with van der Waals surface area (Å²) in [5.74, 6) is -1.36. The summed E-state index contributed by atoms with van der Waals surface area (Å²) in [4.78, 5) is 25.1. The zero-order valence-corrected chi connectivity index (χ0v) is 16.4. The molecule has 0 saturated carbocycles. The molecule has 0 aliphatic carbocycles. The molecule has 0 spiro atoms. The molecule has 2 aromatic rings. The summed E-state index contributed by atoms with van der Waals surface area (Å²) in [5.41, 5.74) is -0.483. The molecule has 29 heavy (non-hydrogen) atoms. The van der Waals surface area contributed by atoms with Crippen molar-refractivity contribution < 1.29 is 22.8 Å². The van der Waals surface area contributed by atoms with Crippen LogP contribution in [0.15, 0.2) is 52.4 Å². The Kier molecular flexibility index (Phi) is 6.30. The largest absolute Gasteiger partial charge is 0.416 e. The van der Waals surface area contributed by atoms with Crippen LogP contribution < -0.4 is 10.6 Å². The van der Waals surface area contributed by atoms with Crippen molar-refractivity contribution in [3.63, 3.8) is 0 Å². The van der Waals surface area contributed by atoms with Gasteiger partial charge in [0.25, 0.3) is 0 Å².